The molecule has 0 bridgehead atoms. The second-order valence-corrected chi connectivity index (χ2v) is 12.4. The van der Waals surface area contributed by atoms with Crippen molar-refractivity contribution in [3.8, 4) is 0 Å². The van der Waals surface area contributed by atoms with Gasteiger partial charge in [-0.15, -0.1) is 0 Å². The minimum atomic E-state index is -4.14. The van der Waals surface area contributed by atoms with Gasteiger partial charge in [0.1, 0.15) is 12.6 Å². The third kappa shape index (κ3) is 7.32. The molecule has 4 rings (SSSR count). The van der Waals surface area contributed by atoms with E-state index in [1.54, 1.807) is 61.5 Å². The molecule has 10 heteroatoms. The normalized spacial score (nSPS) is 14.5. The first-order valence-corrected chi connectivity index (χ1v) is 15.0. The molecule has 206 valence electrons. The van der Waals surface area contributed by atoms with Crippen LogP contribution in [0, 0.1) is 0 Å². The minimum Gasteiger partial charge on any atom is -0.352 e. The fourth-order valence-corrected chi connectivity index (χ4v) is 6.51. The van der Waals surface area contributed by atoms with Crippen LogP contribution in [-0.4, -0.2) is 43.8 Å². The van der Waals surface area contributed by atoms with Gasteiger partial charge >= 0.3 is 0 Å². The molecular weight excluding hydrogens is 557 g/mol. The molecule has 0 radical (unpaired) electrons. The Hall–Kier alpha value is -3.07. The number of amides is 2. The highest BCUT2D eigenvalue weighted by Crippen LogP contribution is 2.27. The van der Waals surface area contributed by atoms with Crippen molar-refractivity contribution in [1.82, 2.24) is 10.2 Å². The number of hydrogen-bond donors (Lipinski definition) is 1. The molecule has 1 unspecified atom stereocenters. The number of halogens is 2. The first kappa shape index (κ1) is 28.9. The molecule has 39 heavy (non-hydrogen) atoms. The van der Waals surface area contributed by atoms with Gasteiger partial charge in [0.05, 0.1) is 10.6 Å². The van der Waals surface area contributed by atoms with Crippen LogP contribution in [0.2, 0.25) is 10.0 Å². The quantitative estimate of drug-likeness (QED) is 0.331. The summed E-state index contributed by atoms with van der Waals surface area (Å²) in [6.07, 6.45) is 3.91. The van der Waals surface area contributed by atoms with E-state index in [2.05, 4.69) is 5.32 Å². The smallest absolute Gasteiger partial charge is 0.264 e. The van der Waals surface area contributed by atoms with E-state index >= 15 is 0 Å². The number of nitrogens with one attached hydrogen (secondary N) is 1. The van der Waals surface area contributed by atoms with E-state index in [0.29, 0.717) is 10.0 Å². The summed E-state index contributed by atoms with van der Waals surface area (Å²) in [5, 5.41) is 3.87. The molecular formula is C29H31Cl2N3O4S. The first-order valence-electron chi connectivity index (χ1n) is 12.8. The first-order chi connectivity index (χ1) is 18.6. The summed E-state index contributed by atoms with van der Waals surface area (Å²) >= 11 is 12.4. The van der Waals surface area contributed by atoms with Gasteiger partial charge in [-0.2, -0.15) is 0 Å². The summed E-state index contributed by atoms with van der Waals surface area (Å²) < 4.78 is 28.5. The van der Waals surface area contributed by atoms with Crippen molar-refractivity contribution in [2.45, 2.75) is 56.1 Å². The Bertz CT molecular complexity index is 1410. The number of hydrogen-bond acceptors (Lipinski definition) is 4. The van der Waals surface area contributed by atoms with Crippen molar-refractivity contribution in [3.05, 3.63) is 94.5 Å². The third-order valence-corrected chi connectivity index (χ3v) is 9.08. The van der Waals surface area contributed by atoms with Crippen LogP contribution in [0.1, 0.15) is 38.2 Å². The highest BCUT2D eigenvalue weighted by molar-refractivity contribution is 7.92. The maximum atomic E-state index is 13.9. The van der Waals surface area contributed by atoms with Crippen LogP contribution < -0.4 is 9.62 Å². The molecule has 0 aromatic heterocycles. The van der Waals surface area contributed by atoms with E-state index < -0.39 is 28.5 Å². The SMILES string of the molecule is CC(C(=O)NC1CCCC1)N(Cc1cccc(Cl)c1)C(=O)CN(c1cccc(Cl)c1)S(=O)(=O)c1ccccc1. The Balaban J connectivity index is 1.68. The zero-order valence-corrected chi connectivity index (χ0v) is 23.9. The predicted octanol–water partition coefficient (Wildman–Crippen LogP) is 5.66. The van der Waals surface area contributed by atoms with Crippen molar-refractivity contribution in [2.24, 2.45) is 0 Å². The average molecular weight is 589 g/mol. The molecule has 3 aromatic carbocycles. The maximum Gasteiger partial charge on any atom is 0.264 e. The third-order valence-electron chi connectivity index (χ3n) is 6.82. The van der Waals surface area contributed by atoms with Crippen molar-refractivity contribution in [1.29, 1.82) is 0 Å². The van der Waals surface area contributed by atoms with Crippen molar-refractivity contribution >= 4 is 50.7 Å². The van der Waals surface area contributed by atoms with Gasteiger partial charge in [0.15, 0.2) is 0 Å². The molecule has 0 aliphatic heterocycles. The maximum absolute atomic E-state index is 13.9. The van der Waals surface area contributed by atoms with E-state index in [0.717, 1.165) is 35.6 Å². The van der Waals surface area contributed by atoms with Gasteiger partial charge in [-0.1, -0.05) is 72.4 Å². The van der Waals surface area contributed by atoms with Gasteiger partial charge in [0.25, 0.3) is 10.0 Å². The fraction of sp³-hybridized carbons (Fsp3) is 0.310. The monoisotopic (exact) mass is 587 g/mol. The summed E-state index contributed by atoms with van der Waals surface area (Å²) in [5.41, 5.74) is 0.960. The topological polar surface area (TPSA) is 86.8 Å². The highest BCUT2D eigenvalue weighted by Gasteiger charge is 2.33. The second-order valence-electron chi connectivity index (χ2n) is 9.62. The zero-order valence-electron chi connectivity index (χ0n) is 21.6. The zero-order chi connectivity index (χ0) is 28.0. The van der Waals surface area contributed by atoms with Gasteiger partial charge in [0.2, 0.25) is 11.8 Å². The summed E-state index contributed by atoms with van der Waals surface area (Å²) in [4.78, 5) is 28.6. The lowest BCUT2D eigenvalue weighted by atomic mass is 10.1. The van der Waals surface area contributed by atoms with Crippen LogP contribution in [0.5, 0.6) is 0 Å². The number of rotatable bonds is 10. The number of benzene rings is 3. The Morgan fingerprint density at radius 1 is 0.923 bits per heavy atom. The molecule has 1 aliphatic rings. The fourth-order valence-electron chi connectivity index (χ4n) is 4.69. The molecule has 1 aliphatic carbocycles. The van der Waals surface area contributed by atoms with Crippen LogP contribution in [-0.2, 0) is 26.2 Å². The van der Waals surface area contributed by atoms with Crippen LogP contribution in [0.4, 0.5) is 5.69 Å². The number of anilines is 1. The molecule has 0 saturated heterocycles. The lowest BCUT2D eigenvalue weighted by Gasteiger charge is -2.32. The van der Waals surface area contributed by atoms with E-state index in [4.69, 9.17) is 23.2 Å². The van der Waals surface area contributed by atoms with Crippen LogP contribution >= 0.6 is 23.2 Å². The second kappa shape index (κ2) is 12.9. The molecule has 1 atom stereocenters. The van der Waals surface area contributed by atoms with Crippen LogP contribution in [0.25, 0.3) is 0 Å². The van der Waals surface area contributed by atoms with E-state index in [-0.39, 0.29) is 29.1 Å². The molecule has 2 amide bonds. The summed E-state index contributed by atoms with van der Waals surface area (Å²) in [7, 11) is -4.14. The summed E-state index contributed by atoms with van der Waals surface area (Å²) in [5.74, 6) is -0.818. The molecule has 0 heterocycles. The average Bonchev–Trinajstić information content (AvgIpc) is 3.43. The highest BCUT2D eigenvalue weighted by atomic mass is 35.5. The largest absolute Gasteiger partial charge is 0.352 e. The van der Waals surface area contributed by atoms with Gasteiger partial charge in [-0.05, 0) is 67.8 Å². The van der Waals surface area contributed by atoms with Gasteiger partial charge in [-0.3, -0.25) is 13.9 Å². The summed E-state index contributed by atoms with van der Waals surface area (Å²) in [6, 6.07) is 20.5. The van der Waals surface area contributed by atoms with Gasteiger partial charge in [-0.25, -0.2) is 8.42 Å². The van der Waals surface area contributed by atoms with Crippen molar-refractivity contribution in [2.75, 3.05) is 10.8 Å². The molecule has 1 saturated carbocycles. The lowest BCUT2D eigenvalue weighted by Crippen LogP contribution is -2.52. The van der Waals surface area contributed by atoms with Crippen LogP contribution in [0.15, 0.2) is 83.8 Å². The molecule has 7 nitrogen and oxygen atoms in total. The number of sulfonamides is 1. The molecule has 0 spiro atoms. The number of carbonyl (C=O) groups excluding carboxylic acids is 2. The predicted molar refractivity (Wildman–Crippen MR) is 154 cm³/mol. The minimum absolute atomic E-state index is 0.0335. The lowest BCUT2D eigenvalue weighted by molar-refractivity contribution is -0.139. The van der Waals surface area contributed by atoms with Crippen LogP contribution in [0.3, 0.4) is 0 Å². The standard InChI is InChI=1S/C29H31Cl2N3O4S/c1-21(29(36)32-25-12-5-6-13-25)33(19-22-9-7-10-23(30)17-22)28(35)20-34(26-14-8-11-24(31)18-26)39(37,38)27-15-3-2-4-16-27/h2-4,7-11,14-18,21,25H,5-6,12-13,19-20H2,1H3,(H,32,36). The van der Waals surface area contributed by atoms with Gasteiger partial charge < -0.3 is 10.2 Å². The molecule has 1 N–H and O–H groups in total. The van der Waals surface area contributed by atoms with E-state index in [1.807, 2.05) is 6.07 Å². The Morgan fingerprint density at radius 3 is 2.21 bits per heavy atom. The van der Waals surface area contributed by atoms with E-state index in [9.17, 15) is 18.0 Å². The van der Waals surface area contributed by atoms with Crippen molar-refractivity contribution in [3.63, 3.8) is 0 Å². The number of nitrogens with zero attached hydrogens (tertiary/aromatic N) is 2. The molecule has 1 fully saturated rings. The van der Waals surface area contributed by atoms with Gasteiger partial charge in [0, 0.05) is 22.6 Å². The molecule has 3 aromatic rings. The Kier molecular flexibility index (Phi) is 9.53. The Labute approximate surface area is 239 Å². The van der Waals surface area contributed by atoms with E-state index in [1.165, 1.54) is 23.1 Å². The summed E-state index contributed by atoms with van der Waals surface area (Å²) in [6.45, 7) is 1.20. The van der Waals surface area contributed by atoms with Crippen molar-refractivity contribution < 1.29 is 18.0 Å². The number of carbonyl (C=O) groups is 2. The Morgan fingerprint density at radius 2 is 1.56 bits per heavy atom.